The molecule has 0 atom stereocenters. The van der Waals surface area contributed by atoms with Crippen molar-refractivity contribution in [2.24, 2.45) is 10.3 Å². The van der Waals surface area contributed by atoms with Gasteiger partial charge in [-0.1, -0.05) is 24.3 Å². The van der Waals surface area contributed by atoms with Gasteiger partial charge in [-0.3, -0.25) is 0 Å². The first-order valence-corrected chi connectivity index (χ1v) is 21.8. The van der Waals surface area contributed by atoms with E-state index in [0.717, 1.165) is 22.6 Å². The van der Waals surface area contributed by atoms with Crippen LogP contribution in [0, 0.1) is 11.6 Å². The number of rotatable bonds is 12. The third-order valence-electron chi connectivity index (χ3n) is 9.47. The average molecular weight is 877 g/mol. The molecule has 0 spiro atoms. The van der Waals surface area contributed by atoms with Crippen LogP contribution in [0.4, 0.5) is 8.78 Å². The Morgan fingerprint density at radius 2 is 0.903 bits per heavy atom. The van der Waals surface area contributed by atoms with E-state index < -0.39 is 20.0 Å². The van der Waals surface area contributed by atoms with Crippen molar-refractivity contribution in [3.05, 3.63) is 180 Å². The predicted octanol–water partition coefficient (Wildman–Crippen LogP) is 8.79. The normalized spacial score (nSPS) is 11.5. The minimum Gasteiger partial charge on any atom is -0.497 e. The summed E-state index contributed by atoms with van der Waals surface area (Å²) < 4.78 is 95.6. The van der Waals surface area contributed by atoms with Gasteiger partial charge >= 0.3 is 0 Å². The van der Waals surface area contributed by atoms with E-state index in [0.29, 0.717) is 69.8 Å². The van der Waals surface area contributed by atoms with Crippen LogP contribution in [0.25, 0.3) is 45.2 Å². The quantitative estimate of drug-likeness (QED) is 0.120. The number of primary sulfonamides is 2. The number of nitrogens with zero attached hydrogens (tertiary/aromatic N) is 2. The number of oxazole rings is 2. The zero-order valence-electron chi connectivity index (χ0n) is 33.2. The summed E-state index contributed by atoms with van der Waals surface area (Å²) in [5.74, 6) is 2.59. The lowest BCUT2D eigenvalue weighted by Gasteiger charge is -2.03. The predicted molar refractivity (Wildman–Crippen MR) is 229 cm³/mol. The van der Waals surface area contributed by atoms with Crippen LogP contribution < -0.4 is 19.8 Å². The summed E-state index contributed by atoms with van der Waals surface area (Å²) in [6.45, 7) is 0. The summed E-state index contributed by atoms with van der Waals surface area (Å²) in [5, 5.41) is 10.4. The van der Waals surface area contributed by atoms with Crippen LogP contribution >= 0.6 is 0 Å². The second-order valence-corrected chi connectivity index (χ2v) is 16.9. The van der Waals surface area contributed by atoms with Gasteiger partial charge in [-0.15, -0.1) is 0 Å². The van der Waals surface area contributed by atoms with Crippen molar-refractivity contribution in [3.63, 3.8) is 0 Å². The van der Waals surface area contributed by atoms with Crippen molar-refractivity contribution in [3.8, 4) is 56.7 Å². The van der Waals surface area contributed by atoms with Gasteiger partial charge in [0.25, 0.3) is 0 Å². The highest BCUT2D eigenvalue weighted by Crippen LogP contribution is 2.36. The molecule has 0 saturated heterocycles. The van der Waals surface area contributed by atoms with E-state index in [4.69, 9.17) is 28.6 Å². The van der Waals surface area contributed by atoms with Crippen molar-refractivity contribution < 1.29 is 43.9 Å². The zero-order chi connectivity index (χ0) is 44.0. The molecule has 8 rings (SSSR count). The maximum atomic E-state index is 13.4. The van der Waals surface area contributed by atoms with Crippen LogP contribution in [-0.4, -0.2) is 41.0 Å². The number of methoxy groups -OCH3 is 2. The molecular weight excluding hydrogens is 839 g/mol. The Balaban J connectivity index is 0.000000186. The monoisotopic (exact) mass is 876 g/mol. The molecule has 0 fully saturated rings. The molecule has 0 bridgehead atoms. The Bertz CT molecular complexity index is 3030. The van der Waals surface area contributed by atoms with E-state index >= 15 is 0 Å². The molecule has 2 heterocycles. The number of nitrogens with two attached hydrogens (primary N) is 2. The highest BCUT2D eigenvalue weighted by atomic mass is 32.2. The molecule has 62 heavy (non-hydrogen) atoms. The number of aromatic nitrogens is 2. The highest BCUT2D eigenvalue weighted by molar-refractivity contribution is 7.89. The van der Waals surface area contributed by atoms with Gasteiger partial charge in [-0.2, -0.15) is 0 Å². The van der Waals surface area contributed by atoms with Gasteiger partial charge in [0.15, 0.2) is 23.3 Å². The second-order valence-electron chi connectivity index (χ2n) is 13.8. The third kappa shape index (κ3) is 10.5. The number of ether oxygens (including phenoxy) is 2. The molecule has 0 aliphatic carbocycles. The Hall–Kier alpha value is -6.98. The SMILES string of the molecule is COc1ccc(Cc2nc(-c3ccc(F)cc3)c(-c3ccc(S(N)(=O)=O)cc3)o2)cc1.COc1cccc(Cc2nc(-c3ccc(F)cc3)c(-c3ccc(S(N)(=O)=O)cc3)o2)c1. The Kier molecular flexibility index (Phi) is 12.7. The van der Waals surface area contributed by atoms with Gasteiger partial charge in [-0.05, 0) is 132 Å². The summed E-state index contributed by atoms with van der Waals surface area (Å²) in [5.41, 5.74) is 5.58. The van der Waals surface area contributed by atoms with E-state index in [2.05, 4.69) is 9.97 Å². The lowest BCUT2D eigenvalue weighted by atomic mass is 10.1. The average Bonchev–Trinajstić information content (AvgIpc) is 3.89. The first-order chi connectivity index (χ1) is 29.7. The summed E-state index contributed by atoms with van der Waals surface area (Å²) in [6, 6.07) is 39.0. The van der Waals surface area contributed by atoms with Crippen molar-refractivity contribution in [1.82, 2.24) is 9.97 Å². The van der Waals surface area contributed by atoms with Crippen LogP contribution in [0.15, 0.2) is 164 Å². The number of hydrogen-bond acceptors (Lipinski definition) is 10. The molecule has 0 radical (unpaired) electrons. The molecule has 0 amide bonds. The molecule has 316 valence electrons. The maximum Gasteiger partial charge on any atom is 0.238 e. The van der Waals surface area contributed by atoms with Crippen LogP contribution in [0.1, 0.15) is 22.9 Å². The molecule has 12 nitrogen and oxygen atoms in total. The van der Waals surface area contributed by atoms with Gasteiger partial charge < -0.3 is 18.3 Å². The van der Waals surface area contributed by atoms with Crippen molar-refractivity contribution in [2.75, 3.05) is 14.2 Å². The van der Waals surface area contributed by atoms with Crippen LogP contribution in [0.3, 0.4) is 0 Å². The lowest BCUT2D eigenvalue weighted by molar-refractivity contribution is 0.414. The minimum absolute atomic E-state index is 0.00226. The van der Waals surface area contributed by atoms with Crippen LogP contribution in [-0.2, 0) is 32.9 Å². The van der Waals surface area contributed by atoms with Crippen LogP contribution in [0.5, 0.6) is 11.5 Å². The molecule has 4 N–H and O–H groups in total. The van der Waals surface area contributed by atoms with E-state index in [-0.39, 0.29) is 21.4 Å². The van der Waals surface area contributed by atoms with Gasteiger partial charge in [0, 0.05) is 35.1 Å². The summed E-state index contributed by atoms with van der Waals surface area (Å²) in [6.07, 6.45) is 0.855. The zero-order valence-corrected chi connectivity index (χ0v) is 34.8. The molecule has 0 aliphatic rings. The second kappa shape index (κ2) is 18.3. The molecule has 0 aliphatic heterocycles. The summed E-state index contributed by atoms with van der Waals surface area (Å²) in [4.78, 5) is 9.26. The number of sulfonamides is 2. The molecule has 0 saturated carbocycles. The van der Waals surface area contributed by atoms with Gasteiger partial charge in [0.1, 0.15) is 34.5 Å². The fourth-order valence-corrected chi connectivity index (χ4v) is 7.38. The molecule has 2 aromatic heterocycles. The molecule has 6 aromatic carbocycles. The number of hydrogen-bond donors (Lipinski definition) is 2. The van der Waals surface area contributed by atoms with Gasteiger partial charge in [0.05, 0.1) is 24.0 Å². The Morgan fingerprint density at radius 1 is 0.500 bits per heavy atom. The first kappa shape index (κ1) is 43.1. The Labute approximate surface area is 356 Å². The van der Waals surface area contributed by atoms with Gasteiger partial charge in [0.2, 0.25) is 20.0 Å². The van der Waals surface area contributed by atoms with E-state index in [1.54, 1.807) is 62.8 Å². The maximum absolute atomic E-state index is 13.4. The fourth-order valence-electron chi connectivity index (χ4n) is 6.35. The third-order valence-corrected chi connectivity index (χ3v) is 11.3. The fraction of sp³-hybridized carbons (Fsp3) is 0.0870. The Morgan fingerprint density at radius 3 is 1.31 bits per heavy atom. The molecule has 0 unspecified atom stereocenters. The minimum atomic E-state index is -3.81. The summed E-state index contributed by atoms with van der Waals surface area (Å²) in [7, 11) is -4.42. The van der Waals surface area contributed by atoms with Crippen molar-refractivity contribution in [1.29, 1.82) is 0 Å². The standard InChI is InChI=1S/2C23H19FN2O4S/c1-29-19-10-2-15(3-11-19)14-21-26-22(16-4-8-18(24)9-5-16)23(30-21)17-6-12-20(13-7-17)31(25,27)28;1-29-19-4-2-3-15(13-19)14-21-26-22(16-5-9-18(24)10-6-16)23(30-21)17-7-11-20(12-8-17)31(25,27)28/h2*2-13H,14H2,1H3,(H2,25,27,28). The summed E-state index contributed by atoms with van der Waals surface area (Å²) >= 11 is 0. The van der Waals surface area contributed by atoms with E-state index in [9.17, 15) is 25.6 Å². The topological polar surface area (TPSA) is 191 Å². The lowest BCUT2D eigenvalue weighted by Crippen LogP contribution is -2.11. The molecule has 16 heteroatoms. The molecule has 8 aromatic rings. The van der Waals surface area contributed by atoms with Gasteiger partial charge in [-0.25, -0.2) is 45.9 Å². The van der Waals surface area contributed by atoms with Crippen molar-refractivity contribution >= 4 is 20.0 Å². The molecular formula is C46H38F2N4O8S2. The van der Waals surface area contributed by atoms with Crippen LogP contribution in [0.2, 0.25) is 0 Å². The highest BCUT2D eigenvalue weighted by Gasteiger charge is 2.20. The van der Waals surface area contributed by atoms with Crippen molar-refractivity contribution in [2.45, 2.75) is 22.6 Å². The first-order valence-electron chi connectivity index (χ1n) is 18.7. The number of benzene rings is 6. The smallest absolute Gasteiger partial charge is 0.238 e. The van der Waals surface area contributed by atoms with E-state index in [1.165, 1.54) is 48.5 Å². The largest absolute Gasteiger partial charge is 0.497 e. The number of halogens is 2. The van der Waals surface area contributed by atoms with E-state index in [1.807, 2.05) is 48.5 Å².